The Morgan fingerprint density at radius 1 is 1.09 bits per heavy atom. The van der Waals surface area contributed by atoms with E-state index in [9.17, 15) is 9.90 Å². The van der Waals surface area contributed by atoms with Crippen LogP contribution in [-0.4, -0.2) is 43.5 Å². The lowest BCUT2D eigenvalue weighted by Crippen LogP contribution is -2.31. The number of esters is 1. The van der Waals surface area contributed by atoms with E-state index in [1.165, 1.54) is 4.68 Å². The first-order valence-corrected chi connectivity index (χ1v) is 11.7. The molecule has 1 saturated heterocycles. The van der Waals surface area contributed by atoms with E-state index >= 15 is 0 Å². The molecule has 0 spiro atoms. The highest BCUT2D eigenvalue weighted by Crippen LogP contribution is 2.41. The van der Waals surface area contributed by atoms with Crippen LogP contribution in [0.2, 0.25) is 20.1 Å². The van der Waals surface area contributed by atoms with Crippen LogP contribution in [0.25, 0.3) is 11.1 Å². The summed E-state index contributed by atoms with van der Waals surface area (Å²) < 4.78 is 6.85. The van der Waals surface area contributed by atoms with Gasteiger partial charge in [0.25, 0.3) is 0 Å². The number of aliphatic hydroxyl groups is 1. The molecule has 1 aromatic heterocycles. The lowest BCUT2D eigenvalue weighted by atomic mass is 9.91. The summed E-state index contributed by atoms with van der Waals surface area (Å²) >= 11 is 25.9. The molecule has 0 amide bonds. The molecule has 0 radical (unpaired) electrons. The molecule has 11 heteroatoms. The summed E-state index contributed by atoms with van der Waals surface area (Å²) in [6.07, 6.45) is 2.18. The second kappa shape index (κ2) is 10.5. The SMILES string of the molecule is Cn1nnnc1C(/C=C/[C@@H]1C[C@@H](O)CC(=O)O1)=C(c1cc(Cl)ccc1Cl)c1cc(Cl)ccc1Cl. The number of tetrazole rings is 1. The number of aliphatic hydroxyl groups excluding tert-OH is 1. The third kappa shape index (κ3) is 5.45. The second-order valence-corrected chi connectivity index (χ2v) is 9.33. The minimum absolute atomic E-state index is 0.0399. The number of rotatable bonds is 5. The van der Waals surface area contributed by atoms with Crippen molar-refractivity contribution < 1.29 is 14.6 Å². The zero-order valence-electron chi connectivity index (χ0n) is 17.8. The summed E-state index contributed by atoms with van der Waals surface area (Å²) in [5.41, 5.74) is 2.23. The quantitative estimate of drug-likeness (QED) is 0.344. The number of allylic oxidation sites excluding steroid dienone is 2. The van der Waals surface area contributed by atoms with Gasteiger partial charge in [0.05, 0.1) is 12.5 Å². The molecule has 2 heterocycles. The van der Waals surface area contributed by atoms with Crippen LogP contribution in [0.5, 0.6) is 0 Å². The van der Waals surface area contributed by atoms with Crippen LogP contribution >= 0.6 is 46.4 Å². The summed E-state index contributed by atoms with van der Waals surface area (Å²) in [5.74, 6) is -0.0868. The number of benzene rings is 2. The average molecular weight is 540 g/mol. The first kappa shape index (κ1) is 24.7. The van der Waals surface area contributed by atoms with E-state index in [2.05, 4.69) is 15.5 Å². The molecule has 0 saturated carbocycles. The van der Waals surface area contributed by atoms with Crippen molar-refractivity contribution >= 4 is 63.5 Å². The molecular formula is C23H18Cl4N4O3. The number of carbonyl (C=O) groups is 1. The van der Waals surface area contributed by atoms with Gasteiger partial charge in [0.15, 0.2) is 5.82 Å². The van der Waals surface area contributed by atoms with Crippen LogP contribution in [0, 0.1) is 0 Å². The van der Waals surface area contributed by atoms with Crippen molar-refractivity contribution in [3.05, 3.63) is 85.6 Å². The molecule has 0 bridgehead atoms. The molecule has 0 unspecified atom stereocenters. The Balaban J connectivity index is 2.01. The van der Waals surface area contributed by atoms with Gasteiger partial charge in [0, 0.05) is 55.8 Å². The number of cyclic esters (lactones) is 1. The van der Waals surface area contributed by atoms with Crippen molar-refractivity contribution in [3.8, 4) is 0 Å². The Morgan fingerprint density at radius 3 is 2.24 bits per heavy atom. The fraction of sp³-hybridized carbons (Fsp3) is 0.217. The lowest BCUT2D eigenvalue weighted by Gasteiger charge is -2.23. The highest BCUT2D eigenvalue weighted by molar-refractivity contribution is 6.37. The Kier molecular flexibility index (Phi) is 7.60. The van der Waals surface area contributed by atoms with Crippen molar-refractivity contribution in [1.29, 1.82) is 0 Å². The molecule has 7 nitrogen and oxygen atoms in total. The van der Waals surface area contributed by atoms with E-state index in [0.29, 0.717) is 48.2 Å². The number of ether oxygens (including phenoxy) is 1. The minimum Gasteiger partial charge on any atom is -0.458 e. The van der Waals surface area contributed by atoms with Crippen LogP contribution in [0.3, 0.4) is 0 Å². The van der Waals surface area contributed by atoms with Crippen molar-refractivity contribution in [1.82, 2.24) is 20.2 Å². The molecule has 34 heavy (non-hydrogen) atoms. The van der Waals surface area contributed by atoms with E-state index in [1.807, 2.05) is 0 Å². The Bertz CT molecular complexity index is 1250. The van der Waals surface area contributed by atoms with Gasteiger partial charge in [0.1, 0.15) is 6.10 Å². The zero-order chi connectivity index (χ0) is 24.4. The normalized spacial score (nSPS) is 18.2. The molecule has 176 valence electrons. The van der Waals surface area contributed by atoms with Gasteiger partial charge in [-0.2, -0.15) is 0 Å². The number of carbonyl (C=O) groups excluding carboxylic acids is 1. The Labute approximate surface area is 215 Å². The highest BCUT2D eigenvalue weighted by Gasteiger charge is 2.26. The predicted octanol–water partition coefficient (Wildman–Crippen LogP) is 5.41. The summed E-state index contributed by atoms with van der Waals surface area (Å²) in [4.78, 5) is 11.8. The second-order valence-electron chi connectivity index (χ2n) is 7.64. The van der Waals surface area contributed by atoms with E-state index in [-0.39, 0.29) is 12.8 Å². The molecule has 2 aromatic carbocycles. The van der Waals surface area contributed by atoms with Crippen LogP contribution in [-0.2, 0) is 16.6 Å². The number of aryl methyl sites for hydroxylation is 1. The monoisotopic (exact) mass is 538 g/mol. The first-order chi connectivity index (χ1) is 16.2. The molecule has 0 aliphatic carbocycles. The summed E-state index contributed by atoms with van der Waals surface area (Å²) in [6, 6.07) is 10.1. The fourth-order valence-corrected chi connectivity index (χ4v) is 4.44. The van der Waals surface area contributed by atoms with Gasteiger partial charge in [0.2, 0.25) is 0 Å². The lowest BCUT2D eigenvalue weighted by molar-refractivity contribution is -0.156. The van der Waals surface area contributed by atoms with E-state index in [1.54, 1.807) is 55.6 Å². The smallest absolute Gasteiger partial charge is 0.309 e. The van der Waals surface area contributed by atoms with Gasteiger partial charge in [-0.05, 0) is 52.9 Å². The van der Waals surface area contributed by atoms with Gasteiger partial charge in [-0.15, -0.1) is 5.10 Å². The maximum absolute atomic E-state index is 11.8. The third-order valence-electron chi connectivity index (χ3n) is 5.19. The molecule has 1 aliphatic heterocycles. The summed E-state index contributed by atoms with van der Waals surface area (Å²) in [5, 5.41) is 23.6. The topological polar surface area (TPSA) is 90.1 Å². The fourth-order valence-electron chi connectivity index (χ4n) is 3.67. The van der Waals surface area contributed by atoms with Gasteiger partial charge in [-0.25, -0.2) is 4.68 Å². The number of halogens is 4. The maximum Gasteiger partial charge on any atom is 0.309 e. The number of nitrogens with zero attached hydrogens (tertiary/aromatic N) is 4. The van der Waals surface area contributed by atoms with Crippen molar-refractivity contribution in [2.45, 2.75) is 25.0 Å². The van der Waals surface area contributed by atoms with Crippen molar-refractivity contribution in [2.75, 3.05) is 0 Å². The molecule has 1 N–H and O–H groups in total. The van der Waals surface area contributed by atoms with Crippen LogP contribution < -0.4 is 0 Å². The highest BCUT2D eigenvalue weighted by atomic mass is 35.5. The number of hydrogen-bond donors (Lipinski definition) is 1. The van der Waals surface area contributed by atoms with Crippen molar-refractivity contribution in [3.63, 3.8) is 0 Å². The van der Waals surface area contributed by atoms with Gasteiger partial charge in [-0.1, -0.05) is 52.5 Å². The molecular weight excluding hydrogens is 522 g/mol. The first-order valence-electron chi connectivity index (χ1n) is 10.2. The summed E-state index contributed by atoms with van der Waals surface area (Å²) in [7, 11) is 1.68. The molecule has 1 aliphatic rings. The van der Waals surface area contributed by atoms with Gasteiger partial charge >= 0.3 is 5.97 Å². The molecule has 1 fully saturated rings. The molecule has 3 aromatic rings. The molecule has 2 atom stereocenters. The standard InChI is InChI=1S/C23H18Cl4N4O3/c1-31-23(28-29-30-31)16(5-4-15-10-14(32)11-21(33)34-15)22(17-8-12(24)2-6-19(17)26)18-9-13(25)3-7-20(18)27/h2-9,14-15,32H,10-11H2,1H3/b5-4+/t14-,15-/m1/s1. The van der Waals surface area contributed by atoms with Crippen LogP contribution in [0.4, 0.5) is 0 Å². The van der Waals surface area contributed by atoms with Crippen LogP contribution in [0.15, 0.2) is 48.6 Å². The average Bonchev–Trinajstić information content (AvgIpc) is 3.20. The molecule has 4 rings (SSSR count). The van der Waals surface area contributed by atoms with Crippen LogP contribution in [0.1, 0.15) is 29.8 Å². The van der Waals surface area contributed by atoms with E-state index < -0.39 is 18.2 Å². The van der Waals surface area contributed by atoms with E-state index in [4.69, 9.17) is 51.1 Å². The minimum atomic E-state index is -0.788. The zero-order valence-corrected chi connectivity index (χ0v) is 20.8. The summed E-state index contributed by atoms with van der Waals surface area (Å²) in [6.45, 7) is 0. The Hall–Kier alpha value is -2.42. The largest absolute Gasteiger partial charge is 0.458 e. The predicted molar refractivity (Wildman–Crippen MR) is 132 cm³/mol. The number of aromatic nitrogens is 4. The maximum atomic E-state index is 11.8. The van der Waals surface area contributed by atoms with Gasteiger partial charge in [-0.3, -0.25) is 4.79 Å². The number of hydrogen-bond acceptors (Lipinski definition) is 6. The van der Waals surface area contributed by atoms with E-state index in [0.717, 1.165) is 0 Å². The van der Waals surface area contributed by atoms with Crippen molar-refractivity contribution in [2.24, 2.45) is 7.05 Å². The Morgan fingerprint density at radius 2 is 1.71 bits per heavy atom. The third-order valence-corrected chi connectivity index (χ3v) is 6.32. The van der Waals surface area contributed by atoms with Gasteiger partial charge < -0.3 is 9.84 Å².